The predicted octanol–water partition coefficient (Wildman–Crippen LogP) is 3.48. The van der Waals surface area contributed by atoms with Gasteiger partial charge in [0, 0.05) is 47.4 Å². The van der Waals surface area contributed by atoms with E-state index in [1.165, 1.54) is 14.7 Å². The van der Waals surface area contributed by atoms with Gasteiger partial charge in [0.15, 0.2) is 0 Å². The van der Waals surface area contributed by atoms with Gasteiger partial charge in [-0.3, -0.25) is 24.7 Å². The summed E-state index contributed by atoms with van der Waals surface area (Å²) >= 11 is 11.4. The second-order valence-corrected chi connectivity index (χ2v) is 7.65. The van der Waals surface area contributed by atoms with Crippen LogP contribution in [0.15, 0.2) is 41.0 Å². The SMILES string of the molecule is CN(CCNCN1C(=O)c2cccc3c2c(cc2ccoc23)C1=O)C(=O)N(CCl)CCl. The number of carbonyl (C=O) groups is 3. The normalized spacial score (nSPS) is 13.3. The predicted molar refractivity (Wildman–Crippen MR) is 118 cm³/mol. The lowest BCUT2D eigenvalue weighted by Gasteiger charge is -2.28. The van der Waals surface area contributed by atoms with Crippen molar-refractivity contribution in [3.8, 4) is 0 Å². The molecule has 0 unspecified atom stereocenters. The van der Waals surface area contributed by atoms with Gasteiger partial charge in [-0.1, -0.05) is 12.1 Å². The van der Waals surface area contributed by atoms with Gasteiger partial charge in [-0.05, 0) is 18.2 Å². The van der Waals surface area contributed by atoms with E-state index < -0.39 is 0 Å². The Morgan fingerprint density at radius 2 is 1.87 bits per heavy atom. The van der Waals surface area contributed by atoms with E-state index in [1.807, 2.05) is 6.07 Å². The Hall–Kier alpha value is -2.81. The van der Waals surface area contributed by atoms with Crippen LogP contribution in [0.1, 0.15) is 20.7 Å². The quantitative estimate of drug-likeness (QED) is 0.251. The van der Waals surface area contributed by atoms with Gasteiger partial charge in [-0.25, -0.2) is 4.79 Å². The van der Waals surface area contributed by atoms with Crippen LogP contribution in [0.5, 0.6) is 0 Å². The Kier molecular flexibility index (Phi) is 6.04. The molecule has 2 heterocycles. The molecule has 4 amide bonds. The lowest BCUT2D eigenvalue weighted by molar-refractivity contribution is 0.0597. The number of likely N-dealkylation sites (N-methyl/N-ethyl adjacent to an activating group) is 1. The molecule has 10 heteroatoms. The molecular formula is C21H20Cl2N4O4. The summed E-state index contributed by atoms with van der Waals surface area (Å²) in [4.78, 5) is 42.2. The van der Waals surface area contributed by atoms with Crippen molar-refractivity contribution in [3.63, 3.8) is 0 Å². The van der Waals surface area contributed by atoms with Crippen molar-refractivity contribution in [2.75, 3.05) is 38.8 Å². The summed E-state index contributed by atoms with van der Waals surface area (Å²) in [7, 11) is 1.63. The summed E-state index contributed by atoms with van der Waals surface area (Å²) in [5, 5.41) is 5.22. The van der Waals surface area contributed by atoms with E-state index in [9.17, 15) is 14.4 Å². The zero-order chi connectivity index (χ0) is 22.1. The number of imide groups is 1. The highest BCUT2D eigenvalue weighted by molar-refractivity contribution is 6.28. The third-order valence-corrected chi connectivity index (χ3v) is 5.88. The van der Waals surface area contributed by atoms with Crippen molar-refractivity contribution in [1.29, 1.82) is 0 Å². The molecule has 0 saturated heterocycles. The molecule has 2 aromatic carbocycles. The lowest BCUT2D eigenvalue weighted by atomic mass is 9.93. The second kappa shape index (κ2) is 8.74. The fourth-order valence-corrected chi connectivity index (χ4v) is 4.15. The maximum Gasteiger partial charge on any atom is 0.321 e. The molecule has 0 aliphatic carbocycles. The fourth-order valence-electron chi connectivity index (χ4n) is 3.69. The maximum atomic E-state index is 13.1. The van der Waals surface area contributed by atoms with Gasteiger partial charge in [0.1, 0.15) is 5.58 Å². The Labute approximate surface area is 188 Å². The monoisotopic (exact) mass is 462 g/mol. The van der Waals surface area contributed by atoms with Crippen LogP contribution in [0.2, 0.25) is 0 Å². The smallest absolute Gasteiger partial charge is 0.321 e. The highest BCUT2D eigenvalue weighted by Gasteiger charge is 2.33. The highest BCUT2D eigenvalue weighted by atomic mass is 35.5. The molecular weight excluding hydrogens is 443 g/mol. The Morgan fingerprint density at radius 1 is 1.13 bits per heavy atom. The lowest BCUT2D eigenvalue weighted by Crippen LogP contribution is -2.47. The largest absolute Gasteiger partial charge is 0.464 e. The molecule has 0 bridgehead atoms. The summed E-state index contributed by atoms with van der Waals surface area (Å²) in [5.41, 5.74) is 1.58. The molecule has 1 aliphatic heterocycles. The summed E-state index contributed by atoms with van der Waals surface area (Å²) in [5.74, 6) is -0.745. The molecule has 0 spiro atoms. The number of carbonyl (C=O) groups excluding carboxylic acids is 3. The van der Waals surface area contributed by atoms with Crippen molar-refractivity contribution in [3.05, 3.63) is 47.7 Å². The minimum absolute atomic E-state index is 0.00817. The maximum absolute atomic E-state index is 13.1. The molecule has 0 saturated carbocycles. The van der Waals surface area contributed by atoms with E-state index >= 15 is 0 Å². The molecule has 4 rings (SSSR count). The number of rotatable bonds is 7. The van der Waals surface area contributed by atoms with Crippen molar-refractivity contribution >= 4 is 62.8 Å². The average Bonchev–Trinajstić information content (AvgIpc) is 3.26. The number of nitrogens with one attached hydrogen (secondary N) is 1. The molecule has 1 aliphatic rings. The summed E-state index contributed by atoms with van der Waals surface area (Å²) in [6.45, 7) is 0.740. The van der Waals surface area contributed by atoms with E-state index in [4.69, 9.17) is 27.6 Å². The summed E-state index contributed by atoms with van der Waals surface area (Å²) in [6, 6.07) is 8.57. The molecule has 8 nitrogen and oxygen atoms in total. The highest BCUT2D eigenvalue weighted by Crippen LogP contribution is 2.35. The van der Waals surface area contributed by atoms with Gasteiger partial charge in [0.05, 0.1) is 24.9 Å². The number of alkyl halides is 2. The summed E-state index contributed by atoms with van der Waals surface area (Å²) < 4.78 is 5.56. The number of nitrogens with zero attached hydrogens (tertiary/aromatic N) is 3. The molecule has 1 N–H and O–H groups in total. The van der Waals surface area contributed by atoms with Gasteiger partial charge >= 0.3 is 6.03 Å². The molecule has 0 radical (unpaired) electrons. The van der Waals surface area contributed by atoms with Crippen molar-refractivity contribution < 1.29 is 18.8 Å². The number of urea groups is 1. The summed E-state index contributed by atoms with van der Waals surface area (Å²) in [6.07, 6.45) is 1.57. The van der Waals surface area contributed by atoms with E-state index in [-0.39, 0.29) is 36.5 Å². The van der Waals surface area contributed by atoms with E-state index in [0.29, 0.717) is 35.2 Å². The molecule has 3 aromatic rings. The standard InChI is InChI=1S/C21H20Cl2N4O4/c1-25(21(30)26(10-22)11-23)7-6-24-12-27-19(28)15-4-2-3-14-17(15)16(20(27)29)9-13-5-8-31-18(13)14/h2-5,8-9,24H,6-7,10-12H2,1H3. The van der Waals surface area contributed by atoms with Crippen LogP contribution >= 0.6 is 23.2 Å². The number of fused-ring (bicyclic) bond motifs is 2. The second-order valence-electron chi connectivity index (χ2n) is 7.17. The molecule has 1 aromatic heterocycles. The van der Waals surface area contributed by atoms with E-state index in [0.717, 1.165) is 10.8 Å². The Morgan fingerprint density at radius 3 is 2.61 bits per heavy atom. The minimum Gasteiger partial charge on any atom is -0.464 e. The van der Waals surface area contributed by atoms with Crippen molar-refractivity contribution in [2.24, 2.45) is 0 Å². The number of amides is 4. The fraction of sp³-hybridized carbons (Fsp3) is 0.286. The van der Waals surface area contributed by atoms with Crippen LogP contribution in [-0.2, 0) is 0 Å². The van der Waals surface area contributed by atoms with Gasteiger partial charge in [0.2, 0.25) is 0 Å². The number of hydrogen-bond acceptors (Lipinski definition) is 5. The third kappa shape index (κ3) is 3.71. The number of hydrogen-bond donors (Lipinski definition) is 1. The zero-order valence-corrected chi connectivity index (χ0v) is 18.2. The molecule has 162 valence electrons. The van der Waals surface area contributed by atoms with E-state index in [2.05, 4.69) is 5.32 Å². The Balaban J connectivity index is 1.48. The number of halogens is 2. The Bertz CT molecular complexity index is 1170. The van der Waals surface area contributed by atoms with Gasteiger partial charge in [-0.2, -0.15) is 0 Å². The van der Waals surface area contributed by atoms with Gasteiger partial charge in [-0.15, -0.1) is 23.2 Å². The van der Waals surface area contributed by atoms with Crippen LogP contribution in [0.3, 0.4) is 0 Å². The van der Waals surface area contributed by atoms with Gasteiger partial charge < -0.3 is 9.32 Å². The van der Waals surface area contributed by atoms with Crippen LogP contribution < -0.4 is 5.32 Å². The van der Waals surface area contributed by atoms with E-state index in [1.54, 1.807) is 37.6 Å². The van der Waals surface area contributed by atoms with Crippen LogP contribution in [0.25, 0.3) is 21.7 Å². The average molecular weight is 463 g/mol. The first kappa shape index (κ1) is 21.4. The molecule has 31 heavy (non-hydrogen) atoms. The van der Waals surface area contributed by atoms with Gasteiger partial charge in [0.25, 0.3) is 11.8 Å². The topological polar surface area (TPSA) is 86.1 Å². The first-order valence-electron chi connectivity index (χ1n) is 9.59. The van der Waals surface area contributed by atoms with Crippen LogP contribution in [0, 0.1) is 0 Å². The van der Waals surface area contributed by atoms with Crippen molar-refractivity contribution in [1.82, 2.24) is 20.0 Å². The van der Waals surface area contributed by atoms with Crippen LogP contribution in [0.4, 0.5) is 4.79 Å². The number of benzene rings is 2. The first-order valence-corrected chi connectivity index (χ1v) is 10.7. The van der Waals surface area contributed by atoms with Crippen molar-refractivity contribution in [2.45, 2.75) is 0 Å². The first-order chi connectivity index (χ1) is 15.0. The zero-order valence-electron chi connectivity index (χ0n) is 16.7. The molecule has 0 fully saturated rings. The van der Waals surface area contributed by atoms with Crippen LogP contribution in [-0.4, -0.2) is 71.4 Å². The third-order valence-electron chi connectivity index (χ3n) is 5.30. The molecule has 0 atom stereocenters. The minimum atomic E-state index is -0.374. The number of furan rings is 1.